The standard InChI is InChI=1S/C25H21F6N7O2/c1-40-24-15(23(39)36-19-10-37(9-18(19)28)8-13-4-14(26)2-3-17(13)27)5-12(7-33-24)20-6-16(25(29,30)31)21-22(32)34-11-35-38(20)21/h2-7,11,18-19H,8-10H2,1H3,(H,36,39)(H2,32,34,35). The average molecular weight is 565 g/mol. The summed E-state index contributed by atoms with van der Waals surface area (Å²) in [5.41, 5.74) is 4.02. The number of ether oxygens (including phenoxy) is 1. The molecule has 4 heterocycles. The van der Waals surface area contributed by atoms with Gasteiger partial charge >= 0.3 is 6.18 Å². The summed E-state index contributed by atoms with van der Waals surface area (Å²) in [6, 6.07) is 4.00. The van der Waals surface area contributed by atoms with Crippen molar-refractivity contribution >= 4 is 17.2 Å². The zero-order chi connectivity index (χ0) is 28.8. The summed E-state index contributed by atoms with van der Waals surface area (Å²) in [6.07, 6.45) is -4.13. The van der Waals surface area contributed by atoms with Crippen molar-refractivity contribution in [3.8, 4) is 17.1 Å². The Morgan fingerprint density at radius 1 is 1.18 bits per heavy atom. The molecule has 3 aromatic heterocycles. The molecule has 2 atom stereocenters. The molecule has 1 aliphatic heterocycles. The first-order valence-electron chi connectivity index (χ1n) is 11.8. The number of likely N-dealkylation sites (tertiary alicyclic amines) is 1. The van der Waals surface area contributed by atoms with Crippen LogP contribution in [0.4, 0.5) is 32.2 Å². The van der Waals surface area contributed by atoms with Gasteiger partial charge in [-0.05, 0) is 30.3 Å². The highest BCUT2D eigenvalue weighted by molar-refractivity contribution is 5.98. The number of rotatable bonds is 6. The molecule has 9 nitrogen and oxygen atoms in total. The van der Waals surface area contributed by atoms with E-state index in [4.69, 9.17) is 10.5 Å². The highest BCUT2D eigenvalue weighted by Gasteiger charge is 2.37. The molecule has 5 rings (SSSR count). The second kappa shape index (κ2) is 10.3. The fraction of sp³-hybridized carbons (Fsp3) is 0.280. The van der Waals surface area contributed by atoms with Gasteiger partial charge in [-0.25, -0.2) is 27.7 Å². The van der Waals surface area contributed by atoms with Crippen molar-refractivity contribution in [2.75, 3.05) is 25.9 Å². The van der Waals surface area contributed by atoms with Crippen molar-refractivity contribution < 1.29 is 35.9 Å². The number of hydrogen-bond acceptors (Lipinski definition) is 7. The van der Waals surface area contributed by atoms with Crippen LogP contribution in [0.5, 0.6) is 5.88 Å². The molecule has 0 bridgehead atoms. The smallest absolute Gasteiger partial charge is 0.418 e. The van der Waals surface area contributed by atoms with Crippen molar-refractivity contribution in [2.45, 2.75) is 24.9 Å². The minimum absolute atomic E-state index is 0.00717. The summed E-state index contributed by atoms with van der Waals surface area (Å²) in [5, 5.41) is 6.42. The molecule has 210 valence electrons. The SMILES string of the molecule is COc1ncc(-c2cc(C(F)(F)F)c3c(N)ncnn23)cc1C(=O)NC1CN(Cc2cc(F)ccc2F)CC1F. The average Bonchev–Trinajstić information content (AvgIpc) is 3.47. The molecule has 0 spiro atoms. The van der Waals surface area contributed by atoms with Gasteiger partial charge in [-0.2, -0.15) is 18.3 Å². The molecule has 1 aromatic carbocycles. The number of fused-ring (bicyclic) bond motifs is 1. The highest BCUT2D eigenvalue weighted by Crippen LogP contribution is 2.39. The van der Waals surface area contributed by atoms with E-state index >= 15 is 0 Å². The minimum Gasteiger partial charge on any atom is -0.480 e. The van der Waals surface area contributed by atoms with Crippen molar-refractivity contribution in [3.63, 3.8) is 0 Å². The van der Waals surface area contributed by atoms with Crippen LogP contribution in [0.2, 0.25) is 0 Å². The van der Waals surface area contributed by atoms with Crippen molar-refractivity contribution in [2.24, 2.45) is 0 Å². The first kappa shape index (κ1) is 27.2. The summed E-state index contributed by atoms with van der Waals surface area (Å²) >= 11 is 0. The van der Waals surface area contributed by atoms with E-state index in [-0.39, 0.29) is 47.9 Å². The van der Waals surface area contributed by atoms with Crippen LogP contribution in [0.25, 0.3) is 16.8 Å². The first-order chi connectivity index (χ1) is 19.0. The zero-order valence-corrected chi connectivity index (χ0v) is 20.7. The Bertz CT molecular complexity index is 1590. The molecular formula is C25H21F6N7O2. The van der Waals surface area contributed by atoms with Crippen LogP contribution in [-0.2, 0) is 12.7 Å². The number of halogens is 6. The molecule has 2 unspecified atom stereocenters. The number of methoxy groups -OCH3 is 1. The van der Waals surface area contributed by atoms with Gasteiger partial charge in [-0.1, -0.05) is 0 Å². The number of benzene rings is 1. The normalized spacial score (nSPS) is 17.9. The predicted molar refractivity (Wildman–Crippen MR) is 130 cm³/mol. The maximum absolute atomic E-state index is 14.8. The number of amides is 1. The molecule has 40 heavy (non-hydrogen) atoms. The molecule has 0 aliphatic carbocycles. The zero-order valence-electron chi connectivity index (χ0n) is 20.7. The number of pyridine rings is 1. The van der Waals surface area contributed by atoms with Gasteiger partial charge in [0.15, 0.2) is 5.82 Å². The third-order valence-corrected chi connectivity index (χ3v) is 6.52. The summed E-state index contributed by atoms with van der Waals surface area (Å²) in [5.74, 6) is -2.63. The van der Waals surface area contributed by atoms with Crippen LogP contribution >= 0.6 is 0 Å². The maximum Gasteiger partial charge on any atom is 0.418 e. The van der Waals surface area contributed by atoms with Gasteiger partial charge in [0.25, 0.3) is 5.91 Å². The number of aromatic nitrogens is 4. The summed E-state index contributed by atoms with van der Waals surface area (Å²) in [6.45, 7) is -0.231. The van der Waals surface area contributed by atoms with Crippen molar-refractivity contribution in [3.05, 3.63) is 71.2 Å². The molecule has 1 fully saturated rings. The largest absolute Gasteiger partial charge is 0.480 e. The number of hydrogen-bond donors (Lipinski definition) is 2. The number of nitrogens with two attached hydrogens (primary N) is 1. The maximum atomic E-state index is 14.8. The second-order valence-corrected chi connectivity index (χ2v) is 9.15. The second-order valence-electron chi connectivity index (χ2n) is 9.15. The van der Waals surface area contributed by atoms with Crippen LogP contribution in [0.1, 0.15) is 21.5 Å². The fourth-order valence-electron chi connectivity index (χ4n) is 4.66. The minimum atomic E-state index is -4.78. The molecule has 15 heteroatoms. The molecule has 4 aromatic rings. The van der Waals surface area contributed by atoms with E-state index in [0.717, 1.165) is 35.1 Å². The predicted octanol–water partition coefficient (Wildman–Crippen LogP) is 3.63. The van der Waals surface area contributed by atoms with E-state index in [2.05, 4.69) is 20.4 Å². The van der Waals surface area contributed by atoms with Crippen molar-refractivity contribution in [1.29, 1.82) is 0 Å². The first-order valence-corrected chi connectivity index (χ1v) is 11.8. The Labute approximate surface area is 222 Å². The van der Waals surface area contributed by atoms with E-state index in [1.807, 2.05) is 0 Å². The van der Waals surface area contributed by atoms with Crippen LogP contribution in [0, 0.1) is 11.6 Å². The molecular weight excluding hydrogens is 544 g/mol. The molecule has 3 N–H and O–H groups in total. The molecule has 0 radical (unpaired) electrons. The Kier molecular flexibility index (Phi) is 6.99. The van der Waals surface area contributed by atoms with Gasteiger partial charge in [0, 0.05) is 37.0 Å². The lowest BCUT2D eigenvalue weighted by Gasteiger charge is -2.17. The van der Waals surface area contributed by atoms with Gasteiger partial charge in [0.2, 0.25) is 5.88 Å². The van der Waals surface area contributed by atoms with Gasteiger partial charge in [0.1, 0.15) is 35.2 Å². The quantitative estimate of drug-likeness (QED) is 0.344. The van der Waals surface area contributed by atoms with E-state index in [1.165, 1.54) is 24.3 Å². The van der Waals surface area contributed by atoms with Gasteiger partial charge < -0.3 is 15.8 Å². The summed E-state index contributed by atoms with van der Waals surface area (Å²) < 4.78 is 89.7. The van der Waals surface area contributed by atoms with Crippen LogP contribution in [-0.4, -0.2) is 62.8 Å². The lowest BCUT2D eigenvalue weighted by atomic mass is 10.1. The fourth-order valence-corrected chi connectivity index (χ4v) is 4.66. The molecule has 1 saturated heterocycles. The molecule has 0 saturated carbocycles. The van der Waals surface area contributed by atoms with Crippen LogP contribution in [0.15, 0.2) is 42.9 Å². The van der Waals surface area contributed by atoms with Gasteiger partial charge in [-0.15, -0.1) is 0 Å². The van der Waals surface area contributed by atoms with E-state index in [9.17, 15) is 31.1 Å². The third kappa shape index (κ3) is 5.11. The number of anilines is 1. The summed E-state index contributed by atoms with van der Waals surface area (Å²) in [4.78, 5) is 22.4. The van der Waals surface area contributed by atoms with E-state index in [0.29, 0.717) is 0 Å². The highest BCUT2D eigenvalue weighted by atomic mass is 19.4. The third-order valence-electron chi connectivity index (χ3n) is 6.52. The van der Waals surface area contributed by atoms with Gasteiger partial charge in [0.05, 0.1) is 24.4 Å². The molecule has 1 amide bonds. The van der Waals surface area contributed by atoms with Crippen LogP contribution in [0.3, 0.4) is 0 Å². The Morgan fingerprint density at radius 3 is 2.67 bits per heavy atom. The van der Waals surface area contributed by atoms with E-state index in [1.54, 1.807) is 0 Å². The molecule has 1 aliphatic rings. The number of nitrogens with one attached hydrogen (secondary N) is 1. The van der Waals surface area contributed by atoms with E-state index < -0.39 is 52.8 Å². The number of nitrogen functional groups attached to an aromatic ring is 1. The number of alkyl halides is 4. The number of carbonyl (C=O) groups is 1. The lowest BCUT2D eigenvalue weighted by molar-refractivity contribution is -0.136. The number of carbonyl (C=O) groups excluding carboxylic acids is 1. The van der Waals surface area contributed by atoms with Gasteiger partial charge in [-0.3, -0.25) is 9.69 Å². The lowest BCUT2D eigenvalue weighted by Crippen LogP contribution is -2.41. The summed E-state index contributed by atoms with van der Waals surface area (Å²) in [7, 11) is 1.24. The Balaban J connectivity index is 1.42. The Hall–Kier alpha value is -4.40. The Morgan fingerprint density at radius 2 is 1.95 bits per heavy atom. The topological polar surface area (TPSA) is 111 Å². The van der Waals surface area contributed by atoms with Crippen molar-refractivity contribution in [1.82, 2.24) is 29.8 Å². The monoisotopic (exact) mass is 565 g/mol. The number of nitrogens with zero attached hydrogens (tertiary/aromatic N) is 5. The van der Waals surface area contributed by atoms with Crippen LogP contribution < -0.4 is 15.8 Å².